The summed E-state index contributed by atoms with van der Waals surface area (Å²) in [5, 5.41) is 3.40. The van der Waals surface area contributed by atoms with Gasteiger partial charge in [-0.1, -0.05) is 13.0 Å². The molecule has 1 N–H and O–H groups in total. The van der Waals surface area contributed by atoms with Crippen LogP contribution < -0.4 is 10.2 Å². The Morgan fingerprint density at radius 3 is 2.74 bits per heavy atom. The maximum Gasteiger partial charge on any atom is 0.133 e. The summed E-state index contributed by atoms with van der Waals surface area (Å²) in [6.45, 7) is 8.69. The number of pyridine rings is 1. The number of anilines is 1. The van der Waals surface area contributed by atoms with Gasteiger partial charge in [0.25, 0.3) is 0 Å². The van der Waals surface area contributed by atoms with Gasteiger partial charge in [-0.25, -0.2) is 4.98 Å². The summed E-state index contributed by atoms with van der Waals surface area (Å²) in [5.41, 5.74) is 1.32. The molecular weight excluding hydrogens is 236 g/mol. The quantitative estimate of drug-likeness (QED) is 0.869. The number of hydrogen-bond donors (Lipinski definition) is 1. The normalized spacial score (nSPS) is 20.8. The van der Waals surface area contributed by atoms with Gasteiger partial charge >= 0.3 is 0 Å². The molecule has 19 heavy (non-hydrogen) atoms. The van der Waals surface area contributed by atoms with Crippen LogP contribution in [0.2, 0.25) is 0 Å². The molecule has 4 nitrogen and oxygen atoms in total. The van der Waals surface area contributed by atoms with Crippen LogP contribution in [0, 0.1) is 0 Å². The zero-order valence-electron chi connectivity index (χ0n) is 11.8. The molecule has 2 heterocycles. The van der Waals surface area contributed by atoms with Gasteiger partial charge in [0.1, 0.15) is 5.82 Å². The first-order valence-corrected chi connectivity index (χ1v) is 7.52. The smallest absolute Gasteiger partial charge is 0.133 e. The summed E-state index contributed by atoms with van der Waals surface area (Å²) in [6, 6.07) is 5.13. The second kappa shape index (κ2) is 5.88. The Bertz CT molecular complexity index is 408. The molecule has 2 fully saturated rings. The Hall–Kier alpha value is -1.13. The summed E-state index contributed by atoms with van der Waals surface area (Å²) in [6.07, 6.45) is 4.74. The van der Waals surface area contributed by atoms with Crippen molar-refractivity contribution >= 4 is 5.82 Å². The molecule has 0 bridgehead atoms. The van der Waals surface area contributed by atoms with Gasteiger partial charge < -0.3 is 10.2 Å². The first-order chi connectivity index (χ1) is 9.38. The molecule has 1 aromatic heterocycles. The Morgan fingerprint density at radius 1 is 1.26 bits per heavy atom. The topological polar surface area (TPSA) is 31.4 Å². The second-order valence-electron chi connectivity index (χ2n) is 5.52. The molecule has 1 saturated carbocycles. The van der Waals surface area contributed by atoms with Gasteiger partial charge in [0, 0.05) is 50.5 Å². The first kappa shape index (κ1) is 12.9. The molecule has 0 atom stereocenters. The van der Waals surface area contributed by atoms with Crippen LogP contribution in [0.15, 0.2) is 18.3 Å². The van der Waals surface area contributed by atoms with Crippen molar-refractivity contribution in [3.05, 3.63) is 23.9 Å². The highest BCUT2D eigenvalue weighted by Crippen LogP contribution is 2.28. The van der Waals surface area contributed by atoms with Crippen molar-refractivity contribution in [2.24, 2.45) is 0 Å². The largest absolute Gasteiger partial charge is 0.354 e. The minimum Gasteiger partial charge on any atom is -0.354 e. The third kappa shape index (κ3) is 3.07. The van der Waals surface area contributed by atoms with Crippen LogP contribution in [0.5, 0.6) is 0 Å². The Balaban J connectivity index is 1.64. The monoisotopic (exact) mass is 260 g/mol. The van der Waals surface area contributed by atoms with E-state index in [1.807, 2.05) is 12.3 Å². The van der Waals surface area contributed by atoms with Gasteiger partial charge in [-0.2, -0.15) is 0 Å². The molecular formula is C15H24N4. The number of rotatable bonds is 5. The highest BCUT2D eigenvalue weighted by molar-refractivity contribution is 5.47. The molecule has 0 aromatic carbocycles. The van der Waals surface area contributed by atoms with E-state index in [9.17, 15) is 0 Å². The Morgan fingerprint density at radius 2 is 2.05 bits per heavy atom. The molecule has 2 aliphatic rings. The van der Waals surface area contributed by atoms with Crippen LogP contribution in [0.25, 0.3) is 0 Å². The van der Waals surface area contributed by atoms with Crippen molar-refractivity contribution in [2.45, 2.75) is 32.4 Å². The lowest BCUT2D eigenvalue weighted by Crippen LogP contribution is -2.47. The molecule has 1 aliphatic carbocycles. The maximum atomic E-state index is 4.61. The number of hydrogen-bond acceptors (Lipinski definition) is 4. The minimum atomic E-state index is 0.895. The molecule has 3 rings (SSSR count). The lowest BCUT2D eigenvalue weighted by Gasteiger charge is -2.36. The fraction of sp³-hybridized carbons (Fsp3) is 0.667. The van der Waals surface area contributed by atoms with E-state index in [-0.39, 0.29) is 0 Å². The van der Waals surface area contributed by atoms with Gasteiger partial charge in [-0.05, 0) is 25.5 Å². The summed E-state index contributed by atoms with van der Waals surface area (Å²) in [4.78, 5) is 9.70. The molecule has 0 unspecified atom stereocenters. The molecule has 1 saturated heterocycles. The average Bonchev–Trinajstić information content (AvgIpc) is 3.30. The van der Waals surface area contributed by atoms with E-state index < -0.39 is 0 Å². The van der Waals surface area contributed by atoms with Crippen LogP contribution in [0.3, 0.4) is 0 Å². The molecule has 0 spiro atoms. The number of nitrogens with zero attached hydrogens (tertiary/aromatic N) is 3. The van der Waals surface area contributed by atoms with Crippen LogP contribution in [0.4, 0.5) is 5.82 Å². The SMILES string of the molecule is CCNCc1cccnc1N1CCN(C2CC2)CC1. The van der Waals surface area contributed by atoms with Crippen LogP contribution in [0.1, 0.15) is 25.3 Å². The van der Waals surface area contributed by atoms with E-state index in [0.717, 1.165) is 32.2 Å². The molecule has 1 aromatic rings. The predicted octanol–water partition coefficient (Wildman–Crippen LogP) is 1.48. The van der Waals surface area contributed by atoms with Crippen LogP contribution in [-0.2, 0) is 6.54 Å². The zero-order valence-corrected chi connectivity index (χ0v) is 11.8. The number of aromatic nitrogens is 1. The van der Waals surface area contributed by atoms with E-state index in [1.165, 1.54) is 37.3 Å². The van der Waals surface area contributed by atoms with Gasteiger partial charge in [-0.15, -0.1) is 0 Å². The summed E-state index contributed by atoms with van der Waals surface area (Å²) < 4.78 is 0. The third-order valence-corrected chi connectivity index (χ3v) is 4.11. The van der Waals surface area contributed by atoms with Crippen LogP contribution in [-0.4, -0.2) is 48.6 Å². The first-order valence-electron chi connectivity index (χ1n) is 7.52. The number of piperazine rings is 1. The van der Waals surface area contributed by atoms with E-state index >= 15 is 0 Å². The number of nitrogens with one attached hydrogen (secondary N) is 1. The molecule has 0 amide bonds. The molecule has 104 valence electrons. The van der Waals surface area contributed by atoms with Crippen molar-refractivity contribution in [3.8, 4) is 0 Å². The summed E-state index contributed by atoms with van der Waals surface area (Å²) >= 11 is 0. The average molecular weight is 260 g/mol. The fourth-order valence-electron chi connectivity index (χ4n) is 2.85. The van der Waals surface area contributed by atoms with Gasteiger partial charge in [0.05, 0.1) is 0 Å². The fourth-order valence-corrected chi connectivity index (χ4v) is 2.85. The van der Waals surface area contributed by atoms with E-state index in [1.54, 1.807) is 0 Å². The van der Waals surface area contributed by atoms with Crippen molar-refractivity contribution in [1.82, 2.24) is 15.2 Å². The summed E-state index contributed by atoms with van der Waals surface area (Å²) in [7, 11) is 0. The van der Waals surface area contributed by atoms with E-state index in [0.29, 0.717) is 0 Å². The van der Waals surface area contributed by atoms with Crippen molar-refractivity contribution in [1.29, 1.82) is 0 Å². The third-order valence-electron chi connectivity index (χ3n) is 4.11. The molecule has 4 heteroatoms. The highest BCUT2D eigenvalue weighted by atomic mass is 15.3. The van der Waals surface area contributed by atoms with E-state index in [2.05, 4.69) is 33.1 Å². The van der Waals surface area contributed by atoms with E-state index in [4.69, 9.17) is 0 Å². The van der Waals surface area contributed by atoms with Gasteiger partial charge in [-0.3, -0.25) is 4.90 Å². The zero-order chi connectivity index (χ0) is 13.1. The summed E-state index contributed by atoms with van der Waals surface area (Å²) in [5.74, 6) is 1.18. The minimum absolute atomic E-state index is 0.895. The van der Waals surface area contributed by atoms with Crippen molar-refractivity contribution in [2.75, 3.05) is 37.6 Å². The van der Waals surface area contributed by atoms with Crippen molar-refractivity contribution in [3.63, 3.8) is 0 Å². The highest BCUT2D eigenvalue weighted by Gasteiger charge is 2.31. The second-order valence-corrected chi connectivity index (χ2v) is 5.52. The lowest BCUT2D eigenvalue weighted by molar-refractivity contribution is 0.247. The maximum absolute atomic E-state index is 4.61. The lowest BCUT2D eigenvalue weighted by atomic mass is 10.2. The predicted molar refractivity (Wildman–Crippen MR) is 78.4 cm³/mol. The Kier molecular flexibility index (Phi) is 3.99. The Labute approximate surface area is 115 Å². The van der Waals surface area contributed by atoms with Gasteiger partial charge in [0.15, 0.2) is 0 Å². The van der Waals surface area contributed by atoms with Crippen LogP contribution >= 0.6 is 0 Å². The van der Waals surface area contributed by atoms with Gasteiger partial charge in [0.2, 0.25) is 0 Å². The molecule has 0 radical (unpaired) electrons. The molecule has 1 aliphatic heterocycles. The van der Waals surface area contributed by atoms with Crippen molar-refractivity contribution < 1.29 is 0 Å². The standard InChI is InChI=1S/C15H24N4/c1-2-16-12-13-4-3-7-17-15(13)19-10-8-18(9-11-19)14-5-6-14/h3-4,7,14,16H,2,5-6,8-12H2,1H3.